The second-order valence-electron chi connectivity index (χ2n) is 5.09. The Bertz CT molecular complexity index is 350. The first kappa shape index (κ1) is 14.3. The van der Waals surface area contributed by atoms with Gasteiger partial charge in [-0.3, -0.25) is 4.90 Å². The molecule has 0 radical (unpaired) electrons. The molecule has 1 aromatic rings. The summed E-state index contributed by atoms with van der Waals surface area (Å²) < 4.78 is 5.67. The lowest BCUT2D eigenvalue weighted by atomic mass is 9.92. The molecular weight excluding hydrogens is 242 g/mol. The van der Waals surface area contributed by atoms with Gasteiger partial charge in [-0.05, 0) is 44.0 Å². The normalized spacial score (nSPS) is 19.3. The maximum absolute atomic E-state index is 9.60. The fraction of sp³-hybridized carbons (Fsp3) is 0.600. The van der Waals surface area contributed by atoms with E-state index in [1.54, 1.807) is 0 Å². The number of piperidine rings is 1. The summed E-state index contributed by atoms with van der Waals surface area (Å²) >= 11 is 0. The lowest BCUT2D eigenvalue weighted by Gasteiger charge is -2.33. The van der Waals surface area contributed by atoms with Crippen molar-refractivity contribution in [3.63, 3.8) is 0 Å². The van der Waals surface area contributed by atoms with Crippen LogP contribution in [0.5, 0.6) is 5.75 Å². The van der Waals surface area contributed by atoms with Gasteiger partial charge in [0.05, 0.1) is 12.7 Å². The van der Waals surface area contributed by atoms with Crippen molar-refractivity contribution < 1.29 is 14.9 Å². The molecule has 19 heavy (non-hydrogen) atoms. The second-order valence-corrected chi connectivity index (χ2v) is 5.09. The molecule has 4 heteroatoms. The molecule has 1 aliphatic heterocycles. The van der Waals surface area contributed by atoms with E-state index in [9.17, 15) is 5.11 Å². The maximum atomic E-state index is 9.60. The van der Waals surface area contributed by atoms with Gasteiger partial charge in [-0.2, -0.15) is 0 Å². The van der Waals surface area contributed by atoms with E-state index in [0.717, 1.165) is 38.2 Å². The minimum atomic E-state index is -0.553. The van der Waals surface area contributed by atoms with Crippen molar-refractivity contribution in [3.8, 4) is 5.75 Å². The molecule has 1 heterocycles. The zero-order chi connectivity index (χ0) is 13.5. The molecular formula is C15H23NO3. The third kappa shape index (κ3) is 4.49. The zero-order valence-electron chi connectivity index (χ0n) is 11.2. The molecule has 0 bridgehead atoms. The number of ether oxygens (including phenoxy) is 1. The first-order valence-electron chi connectivity index (χ1n) is 6.98. The van der Waals surface area contributed by atoms with Gasteiger partial charge in [0.2, 0.25) is 0 Å². The van der Waals surface area contributed by atoms with Crippen molar-refractivity contribution in [2.24, 2.45) is 5.92 Å². The van der Waals surface area contributed by atoms with E-state index in [0.29, 0.717) is 6.61 Å². The van der Waals surface area contributed by atoms with E-state index in [1.165, 1.54) is 0 Å². The van der Waals surface area contributed by atoms with Crippen LogP contribution in [0.15, 0.2) is 30.3 Å². The number of rotatable bonds is 6. The van der Waals surface area contributed by atoms with Crippen LogP contribution in [0, 0.1) is 5.92 Å². The van der Waals surface area contributed by atoms with Crippen LogP contribution in [0.1, 0.15) is 12.8 Å². The quantitative estimate of drug-likeness (QED) is 0.809. The Morgan fingerprint density at radius 3 is 2.53 bits per heavy atom. The van der Waals surface area contributed by atoms with Gasteiger partial charge >= 0.3 is 0 Å². The first-order valence-corrected chi connectivity index (χ1v) is 6.98. The Balaban J connectivity index is 1.63. The first-order chi connectivity index (χ1) is 9.29. The summed E-state index contributed by atoms with van der Waals surface area (Å²) in [5.74, 6) is 1.16. The van der Waals surface area contributed by atoms with Crippen LogP contribution in [0.3, 0.4) is 0 Å². The van der Waals surface area contributed by atoms with Crippen molar-refractivity contribution in [1.82, 2.24) is 4.90 Å². The van der Waals surface area contributed by atoms with Gasteiger partial charge in [-0.25, -0.2) is 0 Å². The van der Waals surface area contributed by atoms with Crippen molar-refractivity contribution >= 4 is 0 Å². The molecule has 0 saturated carbocycles. The SMILES string of the molecule is OCC(O)C1CCN(CCOc2ccccc2)CC1. The molecule has 1 aromatic carbocycles. The number of aliphatic hydroxyl groups is 2. The average molecular weight is 265 g/mol. The standard InChI is InChI=1S/C15H23NO3/c17-12-15(18)13-6-8-16(9-7-13)10-11-19-14-4-2-1-3-5-14/h1-5,13,15,17-18H,6-12H2. The predicted molar refractivity (Wildman–Crippen MR) is 74.2 cm³/mol. The number of nitrogens with zero attached hydrogens (tertiary/aromatic N) is 1. The summed E-state index contributed by atoms with van der Waals surface area (Å²) in [6, 6.07) is 9.84. The molecule has 1 unspecified atom stereocenters. The van der Waals surface area contributed by atoms with Gasteiger partial charge in [-0.1, -0.05) is 18.2 Å². The van der Waals surface area contributed by atoms with Crippen molar-refractivity contribution in [2.45, 2.75) is 18.9 Å². The topological polar surface area (TPSA) is 52.9 Å². The van der Waals surface area contributed by atoms with Gasteiger partial charge < -0.3 is 14.9 Å². The van der Waals surface area contributed by atoms with Gasteiger partial charge in [0, 0.05) is 6.54 Å². The van der Waals surface area contributed by atoms with Crippen LogP contribution in [-0.4, -0.2) is 54.1 Å². The summed E-state index contributed by atoms with van der Waals surface area (Å²) in [6.45, 7) is 3.43. The summed E-state index contributed by atoms with van der Waals surface area (Å²) in [4.78, 5) is 2.35. The zero-order valence-corrected chi connectivity index (χ0v) is 11.2. The molecule has 0 aliphatic carbocycles. The Morgan fingerprint density at radius 2 is 1.89 bits per heavy atom. The highest BCUT2D eigenvalue weighted by molar-refractivity contribution is 5.20. The van der Waals surface area contributed by atoms with E-state index >= 15 is 0 Å². The minimum Gasteiger partial charge on any atom is -0.492 e. The molecule has 0 amide bonds. The third-order valence-corrected chi connectivity index (χ3v) is 3.78. The van der Waals surface area contributed by atoms with E-state index in [1.807, 2.05) is 30.3 Å². The molecule has 2 rings (SSSR count). The Labute approximate surface area is 114 Å². The second kappa shape index (κ2) is 7.48. The molecule has 2 N–H and O–H groups in total. The number of hydrogen-bond donors (Lipinski definition) is 2. The van der Waals surface area contributed by atoms with Crippen LogP contribution in [0.25, 0.3) is 0 Å². The number of benzene rings is 1. The largest absolute Gasteiger partial charge is 0.492 e. The van der Waals surface area contributed by atoms with Crippen molar-refractivity contribution in [2.75, 3.05) is 32.8 Å². The highest BCUT2D eigenvalue weighted by Gasteiger charge is 2.24. The van der Waals surface area contributed by atoms with Gasteiger partial charge in [-0.15, -0.1) is 0 Å². The molecule has 106 valence electrons. The van der Waals surface area contributed by atoms with Gasteiger partial charge in [0.25, 0.3) is 0 Å². The average Bonchev–Trinajstić information content (AvgIpc) is 2.48. The highest BCUT2D eigenvalue weighted by Crippen LogP contribution is 2.20. The molecule has 0 aromatic heterocycles. The lowest BCUT2D eigenvalue weighted by Crippen LogP contribution is -2.40. The minimum absolute atomic E-state index is 0.123. The van der Waals surface area contributed by atoms with Gasteiger partial charge in [0.15, 0.2) is 0 Å². The summed E-state index contributed by atoms with van der Waals surface area (Å²) in [7, 11) is 0. The Kier molecular flexibility index (Phi) is 5.63. The number of para-hydroxylation sites is 1. The number of hydrogen-bond acceptors (Lipinski definition) is 4. The van der Waals surface area contributed by atoms with Gasteiger partial charge in [0.1, 0.15) is 12.4 Å². The van der Waals surface area contributed by atoms with Crippen molar-refractivity contribution in [3.05, 3.63) is 30.3 Å². The van der Waals surface area contributed by atoms with Crippen molar-refractivity contribution in [1.29, 1.82) is 0 Å². The highest BCUT2D eigenvalue weighted by atomic mass is 16.5. The third-order valence-electron chi connectivity index (χ3n) is 3.78. The van der Waals surface area contributed by atoms with Crippen LogP contribution in [0.4, 0.5) is 0 Å². The molecule has 1 fully saturated rings. The monoisotopic (exact) mass is 265 g/mol. The van der Waals surface area contributed by atoms with E-state index in [-0.39, 0.29) is 12.5 Å². The van der Waals surface area contributed by atoms with E-state index < -0.39 is 6.10 Å². The number of likely N-dealkylation sites (tertiary alicyclic amines) is 1. The summed E-state index contributed by atoms with van der Waals surface area (Å²) in [5.41, 5.74) is 0. The Hall–Kier alpha value is -1.10. The summed E-state index contributed by atoms with van der Waals surface area (Å²) in [6.07, 6.45) is 1.35. The molecule has 1 atom stereocenters. The Morgan fingerprint density at radius 1 is 1.21 bits per heavy atom. The van der Waals surface area contributed by atoms with Crippen LogP contribution in [0.2, 0.25) is 0 Å². The fourth-order valence-electron chi connectivity index (χ4n) is 2.52. The molecule has 0 spiro atoms. The molecule has 1 saturated heterocycles. The van der Waals surface area contributed by atoms with E-state index in [4.69, 9.17) is 9.84 Å². The van der Waals surface area contributed by atoms with Crippen LogP contribution >= 0.6 is 0 Å². The number of aliphatic hydroxyl groups excluding tert-OH is 2. The molecule has 4 nitrogen and oxygen atoms in total. The smallest absolute Gasteiger partial charge is 0.119 e. The predicted octanol–water partition coefficient (Wildman–Crippen LogP) is 1.13. The summed E-state index contributed by atoms with van der Waals surface area (Å²) in [5, 5.41) is 18.5. The van der Waals surface area contributed by atoms with Crippen LogP contribution < -0.4 is 4.74 Å². The fourth-order valence-corrected chi connectivity index (χ4v) is 2.52. The lowest BCUT2D eigenvalue weighted by molar-refractivity contribution is 0.0167. The molecule has 1 aliphatic rings. The van der Waals surface area contributed by atoms with E-state index in [2.05, 4.69) is 4.90 Å². The van der Waals surface area contributed by atoms with Crippen LogP contribution in [-0.2, 0) is 0 Å². The maximum Gasteiger partial charge on any atom is 0.119 e.